The Labute approximate surface area is 192 Å². The fourth-order valence-corrected chi connectivity index (χ4v) is 4.24. The molecule has 0 saturated carbocycles. The molecule has 2 aromatic rings. The van der Waals surface area contributed by atoms with Gasteiger partial charge < -0.3 is 9.94 Å². The monoisotopic (exact) mass is 490 g/mol. The molecule has 0 spiro atoms. The fourth-order valence-electron chi connectivity index (χ4n) is 3.72. The second kappa shape index (κ2) is 9.17. The summed E-state index contributed by atoms with van der Waals surface area (Å²) < 4.78 is 43.4. The lowest BCUT2D eigenvalue weighted by Gasteiger charge is -2.31. The maximum absolute atomic E-state index is 14.5. The Balaban J connectivity index is 2.16. The minimum atomic E-state index is -4.84. The number of carboxylic acid groups (broad SMARTS) is 1. The second-order valence-corrected chi connectivity index (χ2v) is 8.01. The summed E-state index contributed by atoms with van der Waals surface area (Å²) in [4.78, 5) is 21.6. The highest BCUT2D eigenvalue weighted by Crippen LogP contribution is 2.55. The summed E-state index contributed by atoms with van der Waals surface area (Å²) in [5.41, 5.74) is -2.05. The smallest absolute Gasteiger partial charge is 0.424 e. The summed E-state index contributed by atoms with van der Waals surface area (Å²) in [5.74, 6) is -1.12. The maximum Gasteiger partial charge on any atom is 0.424 e. The van der Waals surface area contributed by atoms with E-state index in [2.05, 4.69) is 9.99 Å². The van der Waals surface area contributed by atoms with E-state index in [1.165, 1.54) is 25.3 Å². The molecule has 2 aromatic carbocycles. The van der Waals surface area contributed by atoms with Gasteiger partial charge in [-0.1, -0.05) is 47.4 Å². The summed E-state index contributed by atoms with van der Waals surface area (Å²) >= 11 is 12.0. The van der Waals surface area contributed by atoms with Crippen molar-refractivity contribution in [2.24, 2.45) is 5.16 Å². The number of alkyl halides is 3. The number of aryl methyl sites for hydroxylation is 1. The quantitative estimate of drug-likeness (QED) is 0.306. The van der Waals surface area contributed by atoms with E-state index in [9.17, 15) is 23.1 Å². The molecule has 0 bridgehead atoms. The molecule has 11 heteroatoms. The van der Waals surface area contributed by atoms with Crippen LogP contribution in [0.1, 0.15) is 46.4 Å². The lowest BCUT2D eigenvalue weighted by Crippen LogP contribution is -2.43. The lowest BCUT2D eigenvalue weighted by molar-refractivity contribution is -0.310. The van der Waals surface area contributed by atoms with Gasteiger partial charge in [0.25, 0.3) is 0 Å². The van der Waals surface area contributed by atoms with Crippen molar-refractivity contribution < 1.29 is 32.7 Å². The normalized spacial score (nSPS) is 21.3. The third-order valence-electron chi connectivity index (χ3n) is 5.23. The Morgan fingerprint density at radius 3 is 2.50 bits per heavy atom. The number of hydrogen-bond donors (Lipinski definition) is 1. The van der Waals surface area contributed by atoms with Gasteiger partial charge in [-0.3, -0.25) is 4.84 Å². The molecule has 2 atom stereocenters. The van der Waals surface area contributed by atoms with Crippen molar-refractivity contribution in [3.05, 3.63) is 68.7 Å². The Hall–Kier alpha value is -2.49. The number of carboxylic acids is 1. The molecular formula is C21H19Cl2F3N2O4. The fraction of sp³-hybridized carbons (Fsp3) is 0.333. The number of hydrogen-bond acceptors (Lipinski definition) is 4. The van der Waals surface area contributed by atoms with Crippen LogP contribution in [0, 0.1) is 0 Å². The molecule has 6 nitrogen and oxygen atoms in total. The van der Waals surface area contributed by atoms with Crippen LogP contribution < -0.4 is 0 Å². The second-order valence-electron chi connectivity index (χ2n) is 7.13. The van der Waals surface area contributed by atoms with Crippen LogP contribution in [0.25, 0.3) is 0 Å². The van der Waals surface area contributed by atoms with Crippen LogP contribution in [0.3, 0.4) is 0 Å². The molecular weight excluding hydrogens is 472 g/mol. The molecule has 1 N–H and O–H groups in total. The predicted octanol–water partition coefficient (Wildman–Crippen LogP) is 5.98. The van der Waals surface area contributed by atoms with E-state index in [1.54, 1.807) is 13.0 Å². The van der Waals surface area contributed by atoms with Crippen molar-refractivity contribution >= 4 is 35.5 Å². The molecule has 1 fully saturated rings. The van der Waals surface area contributed by atoms with Gasteiger partial charge in [0, 0.05) is 16.5 Å². The van der Waals surface area contributed by atoms with Crippen LogP contribution in [0.2, 0.25) is 10.0 Å². The molecule has 32 heavy (non-hydrogen) atoms. The van der Waals surface area contributed by atoms with Crippen molar-refractivity contribution in [2.75, 3.05) is 7.11 Å². The van der Waals surface area contributed by atoms with Crippen LogP contribution in [0.4, 0.5) is 13.2 Å². The molecule has 3 rings (SSSR count). The molecule has 0 amide bonds. The van der Waals surface area contributed by atoms with Gasteiger partial charge in [-0.25, -0.2) is 9.86 Å². The van der Waals surface area contributed by atoms with Gasteiger partial charge in [-0.05, 0) is 47.4 Å². The first-order valence-electron chi connectivity index (χ1n) is 9.46. The number of halogens is 5. The average Bonchev–Trinajstić information content (AvgIpc) is 3.12. The van der Waals surface area contributed by atoms with Crippen LogP contribution in [-0.4, -0.2) is 35.8 Å². The maximum atomic E-state index is 14.5. The number of hydroxylamine groups is 2. The molecule has 0 aliphatic carbocycles. The zero-order valence-electron chi connectivity index (χ0n) is 17.0. The first-order chi connectivity index (χ1) is 15.0. The van der Waals surface area contributed by atoms with E-state index in [1.807, 2.05) is 0 Å². The highest BCUT2D eigenvalue weighted by molar-refractivity contribution is 6.34. The Bertz CT molecular complexity index is 1030. The molecule has 2 unspecified atom stereocenters. The third-order valence-corrected chi connectivity index (χ3v) is 5.66. The summed E-state index contributed by atoms with van der Waals surface area (Å²) in [6.07, 6.45) is -4.02. The van der Waals surface area contributed by atoms with Gasteiger partial charge in [0.15, 0.2) is 6.34 Å². The highest BCUT2D eigenvalue weighted by Gasteiger charge is 2.64. The molecule has 1 heterocycles. The third kappa shape index (κ3) is 4.51. The van der Waals surface area contributed by atoms with E-state index >= 15 is 0 Å². The van der Waals surface area contributed by atoms with E-state index in [0.717, 1.165) is 23.5 Å². The number of carbonyl (C=O) groups is 1. The van der Waals surface area contributed by atoms with Crippen molar-refractivity contribution in [3.63, 3.8) is 0 Å². The SMILES string of the molecule is CCc1cc(C2CC(c3cc(Cl)cc(Cl)c3)(C(F)(F)F)ON2C=NOC)ccc1C(=O)O. The van der Waals surface area contributed by atoms with Crippen LogP contribution >= 0.6 is 23.2 Å². The molecule has 0 radical (unpaired) electrons. The van der Waals surface area contributed by atoms with Gasteiger partial charge in [-0.2, -0.15) is 13.2 Å². The van der Waals surface area contributed by atoms with Gasteiger partial charge in [0.05, 0.1) is 11.6 Å². The predicted molar refractivity (Wildman–Crippen MR) is 113 cm³/mol. The Kier molecular flexibility index (Phi) is 6.92. The Morgan fingerprint density at radius 2 is 1.97 bits per heavy atom. The number of rotatable bonds is 6. The van der Waals surface area contributed by atoms with Crippen LogP contribution in [0.15, 0.2) is 41.6 Å². The van der Waals surface area contributed by atoms with Crippen LogP contribution in [-0.2, 0) is 21.7 Å². The first-order valence-corrected chi connectivity index (χ1v) is 10.2. The van der Waals surface area contributed by atoms with Crippen molar-refractivity contribution in [3.8, 4) is 0 Å². The molecule has 0 aromatic heterocycles. The zero-order valence-corrected chi connectivity index (χ0v) is 18.5. The summed E-state index contributed by atoms with van der Waals surface area (Å²) in [6, 6.07) is 7.06. The van der Waals surface area contributed by atoms with Crippen LogP contribution in [0.5, 0.6) is 0 Å². The topological polar surface area (TPSA) is 71.4 Å². The van der Waals surface area contributed by atoms with E-state index in [4.69, 9.17) is 28.0 Å². The molecule has 172 valence electrons. The average molecular weight is 491 g/mol. The van der Waals surface area contributed by atoms with E-state index < -0.39 is 30.2 Å². The first kappa shape index (κ1) is 24.2. The highest BCUT2D eigenvalue weighted by atomic mass is 35.5. The lowest BCUT2D eigenvalue weighted by atomic mass is 9.85. The molecule has 1 aliphatic heterocycles. The molecule has 1 saturated heterocycles. The summed E-state index contributed by atoms with van der Waals surface area (Å²) in [7, 11) is 1.24. The standard InChI is InChI=1S/C21H19Cl2F3N2O4/c1-3-12-6-13(4-5-17(12)19(29)30)18-10-20(21(24,25)26,32-28(18)11-27-31-2)14-7-15(22)9-16(23)8-14/h4-9,11,18H,3,10H2,1-2H3,(H,29,30). The minimum absolute atomic E-state index is 0.0272. The summed E-state index contributed by atoms with van der Waals surface area (Å²) in [5, 5.41) is 13.9. The minimum Gasteiger partial charge on any atom is -0.478 e. The largest absolute Gasteiger partial charge is 0.478 e. The number of benzene rings is 2. The van der Waals surface area contributed by atoms with Gasteiger partial charge in [0.1, 0.15) is 7.11 Å². The summed E-state index contributed by atoms with van der Waals surface area (Å²) in [6.45, 7) is 1.76. The Morgan fingerprint density at radius 1 is 1.31 bits per heavy atom. The van der Waals surface area contributed by atoms with E-state index in [-0.39, 0.29) is 21.2 Å². The van der Waals surface area contributed by atoms with E-state index in [0.29, 0.717) is 17.5 Å². The van der Waals surface area contributed by atoms with Crippen molar-refractivity contribution in [1.29, 1.82) is 0 Å². The number of aromatic carboxylic acids is 1. The zero-order chi connectivity index (χ0) is 23.7. The van der Waals surface area contributed by atoms with Gasteiger partial charge in [-0.15, -0.1) is 0 Å². The van der Waals surface area contributed by atoms with Crippen molar-refractivity contribution in [1.82, 2.24) is 5.06 Å². The molecule has 1 aliphatic rings. The van der Waals surface area contributed by atoms with Gasteiger partial charge in [0.2, 0.25) is 5.60 Å². The number of oxime groups is 1. The van der Waals surface area contributed by atoms with Crippen molar-refractivity contribution in [2.45, 2.75) is 37.6 Å². The van der Waals surface area contributed by atoms with Gasteiger partial charge >= 0.3 is 12.1 Å². The number of nitrogens with zero attached hydrogens (tertiary/aromatic N) is 2.